The van der Waals surface area contributed by atoms with Crippen LogP contribution in [0.4, 0.5) is 13.2 Å². The van der Waals surface area contributed by atoms with Gasteiger partial charge in [-0.15, -0.1) is 6.42 Å². The van der Waals surface area contributed by atoms with Crippen LogP contribution >= 0.6 is 0 Å². The van der Waals surface area contributed by atoms with E-state index in [0.29, 0.717) is 17.2 Å². The Labute approximate surface area is 242 Å². The molecule has 1 aliphatic heterocycles. The van der Waals surface area contributed by atoms with E-state index in [4.69, 9.17) is 6.42 Å². The monoisotopic (exact) mass is 564 g/mol. The van der Waals surface area contributed by atoms with Crippen LogP contribution in [0.2, 0.25) is 0 Å². The maximum absolute atomic E-state index is 12.5. The standard InChI is InChI=1S/C18H18N4O.C15H19F3.H2/c1-2-14-3-4-17(20-11-14)18(23)21-16-7-10-22(13-16)12-15-5-8-19-9-6-15;1-11-3-2-4-12(6-5-11)13-7-9-14(10-8-13)15(16,17)18;/h1,3-6,8-9,11,16H,7,10,12-13H2,(H,21,23);7-12H,2-6H2,1H3;1H/t16-;;/m0../s1. The van der Waals surface area contributed by atoms with E-state index in [9.17, 15) is 18.0 Å². The van der Waals surface area contributed by atoms with E-state index in [2.05, 4.69) is 33.0 Å². The summed E-state index contributed by atoms with van der Waals surface area (Å²) < 4.78 is 37.4. The molecule has 0 spiro atoms. The van der Waals surface area contributed by atoms with E-state index >= 15 is 0 Å². The summed E-state index contributed by atoms with van der Waals surface area (Å²) in [6, 6.07) is 13.3. The van der Waals surface area contributed by atoms with Gasteiger partial charge < -0.3 is 5.32 Å². The maximum atomic E-state index is 12.5. The van der Waals surface area contributed by atoms with Crippen LogP contribution in [0.5, 0.6) is 0 Å². The fourth-order valence-corrected chi connectivity index (χ4v) is 5.48. The molecule has 0 bridgehead atoms. The normalized spacial score (nSPS) is 21.2. The van der Waals surface area contributed by atoms with Gasteiger partial charge in [0.25, 0.3) is 5.91 Å². The number of amides is 1. The number of hydrogen-bond acceptors (Lipinski definition) is 4. The molecule has 2 aromatic heterocycles. The summed E-state index contributed by atoms with van der Waals surface area (Å²) in [6.07, 6.45) is 13.0. The van der Waals surface area contributed by atoms with Crippen LogP contribution in [0.3, 0.4) is 0 Å². The molecule has 2 fully saturated rings. The van der Waals surface area contributed by atoms with Crippen molar-refractivity contribution >= 4 is 5.91 Å². The molecule has 1 aliphatic carbocycles. The second kappa shape index (κ2) is 14.3. The number of pyridine rings is 2. The molecule has 2 aliphatic rings. The molecule has 0 radical (unpaired) electrons. The minimum absolute atomic E-state index is 0. The largest absolute Gasteiger partial charge is 0.416 e. The lowest BCUT2D eigenvalue weighted by Crippen LogP contribution is -2.37. The number of alkyl halides is 3. The molecular formula is C33H39F3N4O. The van der Waals surface area contributed by atoms with Gasteiger partial charge in [-0.1, -0.05) is 44.2 Å². The molecule has 3 aromatic rings. The Hall–Kier alpha value is -3.70. The van der Waals surface area contributed by atoms with Crippen LogP contribution in [-0.2, 0) is 12.7 Å². The second-order valence-corrected chi connectivity index (χ2v) is 11.1. The molecule has 1 saturated carbocycles. The van der Waals surface area contributed by atoms with Crippen molar-refractivity contribution in [2.24, 2.45) is 5.92 Å². The van der Waals surface area contributed by atoms with Gasteiger partial charge in [0.05, 0.1) is 5.56 Å². The van der Waals surface area contributed by atoms with E-state index in [-0.39, 0.29) is 13.4 Å². The number of carbonyl (C=O) groups excluding carboxylic acids is 1. The lowest BCUT2D eigenvalue weighted by molar-refractivity contribution is -0.137. The molecule has 2 unspecified atom stereocenters. The molecule has 1 aromatic carbocycles. The van der Waals surface area contributed by atoms with E-state index < -0.39 is 11.7 Å². The SMILES string of the molecule is C#Cc1ccc(C(=O)N[C@H]2CCN(Cc3ccncc3)C2)nc1.CC1CCCC(c2ccc(C(F)(F)F)cc2)CC1.[HH]. The number of rotatable bonds is 5. The summed E-state index contributed by atoms with van der Waals surface area (Å²) in [7, 11) is 0. The first-order valence-electron chi connectivity index (χ1n) is 14.2. The summed E-state index contributed by atoms with van der Waals surface area (Å²) in [5.41, 5.74) is 2.83. The summed E-state index contributed by atoms with van der Waals surface area (Å²) in [5, 5.41) is 3.04. The minimum atomic E-state index is -4.23. The van der Waals surface area contributed by atoms with Gasteiger partial charge in [-0.2, -0.15) is 13.2 Å². The third-order valence-electron chi connectivity index (χ3n) is 7.89. The van der Waals surface area contributed by atoms with Gasteiger partial charge in [0.15, 0.2) is 0 Å². The Morgan fingerprint density at radius 2 is 1.80 bits per heavy atom. The molecule has 218 valence electrons. The quantitative estimate of drug-likeness (QED) is 0.265. The zero-order valence-corrected chi connectivity index (χ0v) is 23.4. The highest BCUT2D eigenvalue weighted by atomic mass is 19.4. The van der Waals surface area contributed by atoms with Crippen LogP contribution in [0.15, 0.2) is 67.1 Å². The van der Waals surface area contributed by atoms with E-state index in [1.54, 1.807) is 42.9 Å². The van der Waals surface area contributed by atoms with Crippen molar-refractivity contribution in [2.45, 2.75) is 70.1 Å². The smallest absolute Gasteiger partial charge is 0.347 e. The van der Waals surface area contributed by atoms with Gasteiger partial charge in [-0.3, -0.25) is 14.7 Å². The van der Waals surface area contributed by atoms with E-state index in [0.717, 1.165) is 50.4 Å². The number of likely N-dealkylation sites (tertiary alicyclic amines) is 1. The Bertz CT molecular complexity index is 1290. The van der Waals surface area contributed by atoms with Gasteiger partial charge in [-0.25, -0.2) is 4.98 Å². The van der Waals surface area contributed by atoms with Crippen molar-refractivity contribution in [1.82, 2.24) is 20.2 Å². The van der Waals surface area contributed by atoms with Crippen LogP contribution in [0.25, 0.3) is 0 Å². The molecule has 5 rings (SSSR count). The van der Waals surface area contributed by atoms with Gasteiger partial charge >= 0.3 is 6.18 Å². The van der Waals surface area contributed by atoms with Crippen LogP contribution in [0.1, 0.15) is 85.5 Å². The van der Waals surface area contributed by atoms with Crippen molar-refractivity contribution < 1.29 is 19.4 Å². The van der Waals surface area contributed by atoms with Gasteiger partial charge in [0, 0.05) is 51.3 Å². The topological polar surface area (TPSA) is 58.1 Å². The van der Waals surface area contributed by atoms with Gasteiger partial charge in [0.2, 0.25) is 0 Å². The Morgan fingerprint density at radius 3 is 2.46 bits per heavy atom. The molecule has 8 heteroatoms. The van der Waals surface area contributed by atoms with Crippen molar-refractivity contribution in [3.8, 4) is 12.3 Å². The molecule has 1 N–H and O–H groups in total. The summed E-state index contributed by atoms with van der Waals surface area (Å²) in [6.45, 7) is 4.95. The number of carbonyl (C=O) groups is 1. The lowest BCUT2D eigenvalue weighted by atomic mass is 9.91. The number of hydrogen-bond donors (Lipinski definition) is 1. The van der Waals surface area contributed by atoms with E-state index in [1.165, 1.54) is 37.0 Å². The number of benzene rings is 1. The van der Waals surface area contributed by atoms with Crippen LogP contribution in [-0.4, -0.2) is 39.9 Å². The summed E-state index contributed by atoms with van der Waals surface area (Å²) in [4.78, 5) is 22.7. The number of halogens is 3. The molecule has 1 saturated heterocycles. The fourth-order valence-electron chi connectivity index (χ4n) is 5.48. The summed E-state index contributed by atoms with van der Waals surface area (Å²) >= 11 is 0. The third kappa shape index (κ3) is 9.15. The zero-order chi connectivity index (χ0) is 29.2. The second-order valence-electron chi connectivity index (χ2n) is 11.1. The summed E-state index contributed by atoms with van der Waals surface area (Å²) in [5.74, 6) is 3.54. The maximum Gasteiger partial charge on any atom is 0.416 e. The molecule has 5 nitrogen and oxygen atoms in total. The first-order chi connectivity index (χ1) is 19.7. The lowest BCUT2D eigenvalue weighted by Gasteiger charge is -2.16. The molecule has 3 atom stereocenters. The fraction of sp³-hybridized carbons (Fsp3) is 0.424. The van der Waals surface area contributed by atoms with Crippen LogP contribution in [0, 0.1) is 18.3 Å². The Balaban J connectivity index is 0.000000232. The number of aromatic nitrogens is 2. The third-order valence-corrected chi connectivity index (χ3v) is 7.89. The first kappa shape index (κ1) is 30.3. The predicted molar refractivity (Wildman–Crippen MR) is 156 cm³/mol. The van der Waals surface area contributed by atoms with E-state index in [1.807, 2.05) is 12.1 Å². The van der Waals surface area contributed by atoms with Gasteiger partial charge in [0.1, 0.15) is 5.69 Å². The highest BCUT2D eigenvalue weighted by Crippen LogP contribution is 2.35. The Morgan fingerprint density at radius 1 is 1.05 bits per heavy atom. The predicted octanol–water partition coefficient (Wildman–Crippen LogP) is 7.10. The molecule has 3 heterocycles. The molecule has 1 amide bonds. The highest BCUT2D eigenvalue weighted by molar-refractivity contribution is 5.92. The molecular weight excluding hydrogens is 525 g/mol. The number of nitrogens with one attached hydrogen (secondary N) is 1. The van der Waals surface area contributed by atoms with Gasteiger partial charge in [-0.05, 0) is 78.6 Å². The minimum Gasteiger partial charge on any atom is -0.347 e. The Kier molecular flexibility index (Phi) is 10.5. The first-order valence-corrected chi connectivity index (χ1v) is 14.2. The van der Waals surface area contributed by atoms with Crippen molar-refractivity contribution in [3.05, 3.63) is 95.1 Å². The van der Waals surface area contributed by atoms with Crippen molar-refractivity contribution in [2.75, 3.05) is 13.1 Å². The average molecular weight is 565 g/mol. The average Bonchev–Trinajstić information content (AvgIpc) is 3.29. The number of nitrogens with zero attached hydrogens (tertiary/aromatic N) is 3. The van der Waals surface area contributed by atoms with Crippen molar-refractivity contribution in [3.63, 3.8) is 0 Å². The van der Waals surface area contributed by atoms with Crippen LogP contribution < -0.4 is 5.32 Å². The number of terminal acetylenes is 1. The highest BCUT2D eigenvalue weighted by Gasteiger charge is 2.30. The van der Waals surface area contributed by atoms with Crippen molar-refractivity contribution in [1.29, 1.82) is 0 Å². The molecule has 41 heavy (non-hydrogen) atoms. The zero-order valence-electron chi connectivity index (χ0n) is 23.4.